The van der Waals surface area contributed by atoms with Gasteiger partial charge < -0.3 is 5.32 Å². The number of rotatable bonds is 4. The lowest BCUT2D eigenvalue weighted by molar-refractivity contribution is 0.0954. The van der Waals surface area contributed by atoms with Crippen LogP contribution in [-0.2, 0) is 0 Å². The number of carbonyl (C=O) groups is 1. The fraction of sp³-hybridized carbons (Fsp3) is 0.273. The lowest BCUT2D eigenvalue weighted by Gasteiger charge is -2.04. The van der Waals surface area contributed by atoms with E-state index in [1.54, 1.807) is 12.3 Å². The molecule has 0 atom stereocenters. The third-order valence-electron chi connectivity index (χ3n) is 1.84. The molecule has 0 saturated heterocycles. The SMILES string of the molecule is C/C=C/CCNC(=O)c1cnccc1Cl. The van der Waals surface area contributed by atoms with Crippen LogP contribution in [0.15, 0.2) is 30.6 Å². The normalized spacial score (nSPS) is 10.5. The van der Waals surface area contributed by atoms with Crippen LogP contribution in [0, 0.1) is 0 Å². The number of carbonyl (C=O) groups excluding carboxylic acids is 1. The second kappa shape index (κ2) is 6.19. The Bertz CT molecular complexity index is 363. The molecule has 0 aliphatic rings. The minimum Gasteiger partial charge on any atom is -0.352 e. The van der Waals surface area contributed by atoms with Crippen molar-refractivity contribution in [1.82, 2.24) is 10.3 Å². The van der Waals surface area contributed by atoms with Gasteiger partial charge in [-0.3, -0.25) is 9.78 Å². The van der Waals surface area contributed by atoms with Crippen molar-refractivity contribution in [2.45, 2.75) is 13.3 Å². The Morgan fingerprint density at radius 3 is 3.13 bits per heavy atom. The van der Waals surface area contributed by atoms with E-state index < -0.39 is 0 Å². The van der Waals surface area contributed by atoms with E-state index in [0.29, 0.717) is 17.1 Å². The summed E-state index contributed by atoms with van der Waals surface area (Å²) in [6.07, 6.45) is 7.78. The maximum Gasteiger partial charge on any atom is 0.254 e. The summed E-state index contributed by atoms with van der Waals surface area (Å²) < 4.78 is 0. The number of nitrogens with one attached hydrogen (secondary N) is 1. The molecular weight excluding hydrogens is 212 g/mol. The van der Waals surface area contributed by atoms with Crippen molar-refractivity contribution in [2.75, 3.05) is 6.54 Å². The highest BCUT2D eigenvalue weighted by atomic mass is 35.5. The van der Waals surface area contributed by atoms with E-state index in [0.717, 1.165) is 6.42 Å². The molecule has 0 aliphatic carbocycles. The quantitative estimate of drug-likeness (QED) is 0.631. The monoisotopic (exact) mass is 224 g/mol. The summed E-state index contributed by atoms with van der Waals surface area (Å²) >= 11 is 5.84. The average molecular weight is 225 g/mol. The van der Waals surface area contributed by atoms with E-state index in [1.807, 2.05) is 19.1 Å². The predicted octanol–water partition coefficient (Wildman–Crippen LogP) is 2.43. The van der Waals surface area contributed by atoms with Gasteiger partial charge in [-0.25, -0.2) is 0 Å². The number of amides is 1. The number of allylic oxidation sites excluding steroid dienone is 1. The van der Waals surface area contributed by atoms with Gasteiger partial charge in [0, 0.05) is 18.9 Å². The number of halogens is 1. The zero-order valence-corrected chi connectivity index (χ0v) is 9.29. The molecule has 0 radical (unpaired) electrons. The third-order valence-corrected chi connectivity index (χ3v) is 2.17. The standard InChI is InChI=1S/C11H13ClN2O/c1-2-3-4-6-14-11(15)9-8-13-7-5-10(9)12/h2-3,5,7-8H,4,6H2,1H3,(H,14,15)/b3-2+. The highest BCUT2D eigenvalue weighted by molar-refractivity contribution is 6.33. The molecule has 1 aromatic rings. The zero-order chi connectivity index (χ0) is 11.1. The molecule has 0 aromatic carbocycles. The molecule has 1 aromatic heterocycles. The second-order valence-corrected chi connectivity index (χ2v) is 3.38. The van der Waals surface area contributed by atoms with E-state index in [-0.39, 0.29) is 5.91 Å². The average Bonchev–Trinajstić information content (AvgIpc) is 2.25. The Morgan fingerprint density at radius 2 is 2.47 bits per heavy atom. The lowest BCUT2D eigenvalue weighted by Crippen LogP contribution is -2.24. The minimum atomic E-state index is -0.183. The first kappa shape index (κ1) is 11.7. The summed E-state index contributed by atoms with van der Waals surface area (Å²) in [5, 5.41) is 3.18. The first-order valence-electron chi connectivity index (χ1n) is 4.74. The largest absolute Gasteiger partial charge is 0.352 e. The van der Waals surface area contributed by atoms with E-state index >= 15 is 0 Å². The molecule has 0 spiro atoms. The number of nitrogens with zero attached hydrogens (tertiary/aromatic N) is 1. The minimum absolute atomic E-state index is 0.183. The van der Waals surface area contributed by atoms with E-state index in [1.165, 1.54) is 6.20 Å². The molecule has 0 aliphatic heterocycles. The Hall–Kier alpha value is -1.35. The maximum absolute atomic E-state index is 11.6. The van der Waals surface area contributed by atoms with Gasteiger partial charge in [-0.15, -0.1) is 0 Å². The molecule has 80 valence electrons. The molecule has 1 rings (SSSR count). The highest BCUT2D eigenvalue weighted by Crippen LogP contribution is 2.12. The Morgan fingerprint density at radius 1 is 1.67 bits per heavy atom. The van der Waals surface area contributed by atoms with Crippen molar-refractivity contribution in [2.24, 2.45) is 0 Å². The van der Waals surface area contributed by atoms with Crippen molar-refractivity contribution in [1.29, 1.82) is 0 Å². The van der Waals surface area contributed by atoms with Crippen LogP contribution in [0.5, 0.6) is 0 Å². The van der Waals surface area contributed by atoms with Crippen LogP contribution in [0.2, 0.25) is 5.02 Å². The summed E-state index contributed by atoms with van der Waals surface area (Å²) in [4.78, 5) is 15.4. The zero-order valence-electron chi connectivity index (χ0n) is 8.53. The van der Waals surface area contributed by atoms with E-state index in [2.05, 4.69) is 10.3 Å². The van der Waals surface area contributed by atoms with Crippen LogP contribution in [0.3, 0.4) is 0 Å². The molecule has 3 nitrogen and oxygen atoms in total. The van der Waals surface area contributed by atoms with Crippen molar-refractivity contribution in [3.05, 3.63) is 41.2 Å². The van der Waals surface area contributed by atoms with Gasteiger partial charge in [0.15, 0.2) is 0 Å². The number of hydrogen-bond acceptors (Lipinski definition) is 2. The molecule has 1 N–H and O–H groups in total. The van der Waals surface area contributed by atoms with Crippen molar-refractivity contribution >= 4 is 17.5 Å². The van der Waals surface area contributed by atoms with Crippen LogP contribution in [0.25, 0.3) is 0 Å². The summed E-state index contributed by atoms with van der Waals surface area (Å²) in [6, 6.07) is 1.60. The number of hydrogen-bond donors (Lipinski definition) is 1. The van der Waals surface area contributed by atoms with Gasteiger partial charge in [0.1, 0.15) is 0 Å². The van der Waals surface area contributed by atoms with Gasteiger partial charge in [0.05, 0.1) is 10.6 Å². The van der Waals surface area contributed by atoms with Crippen molar-refractivity contribution in [3.63, 3.8) is 0 Å². The maximum atomic E-state index is 11.6. The van der Waals surface area contributed by atoms with Gasteiger partial charge in [-0.1, -0.05) is 23.8 Å². The predicted molar refractivity (Wildman–Crippen MR) is 61.0 cm³/mol. The Kier molecular flexibility index (Phi) is 4.84. The number of pyridine rings is 1. The first-order chi connectivity index (χ1) is 7.25. The molecule has 4 heteroatoms. The molecule has 1 amide bonds. The third kappa shape index (κ3) is 3.72. The van der Waals surface area contributed by atoms with Crippen LogP contribution >= 0.6 is 11.6 Å². The van der Waals surface area contributed by atoms with E-state index in [4.69, 9.17) is 11.6 Å². The summed E-state index contributed by atoms with van der Waals surface area (Å²) in [6.45, 7) is 2.55. The Labute approximate surface area is 94.2 Å². The van der Waals surface area contributed by atoms with Crippen molar-refractivity contribution in [3.8, 4) is 0 Å². The number of aromatic nitrogens is 1. The lowest BCUT2D eigenvalue weighted by atomic mass is 10.2. The molecule has 0 fully saturated rings. The van der Waals surface area contributed by atoms with Gasteiger partial charge >= 0.3 is 0 Å². The molecule has 0 unspecified atom stereocenters. The van der Waals surface area contributed by atoms with Crippen LogP contribution < -0.4 is 5.32 Å². The summed E-state index contributed by atoms with van der Waals surface area (Å²) in [5.74, 6) is -0.183. The molecular formula is C11H13ClN2O. The van der Waals surface area contributed by atoms with Crippen LogP contribution in [0.1, 0.15) is 23.7 Å². The molecule has 0 bridgehead atoms. The highest BCUT2D eigenvalue weighted by Gasteiger charge is 2.08. The van der Waals surface area contributed by atoms with Gasteiger partial charge in [-0.2, -0.15) is 0 Å². The molecule has 1 heterocycles. The van der Waals surface area contributed by atoms with Gasteiger partial charge in [-0.05, 0) is 19.4 Å². The van der Waals surface area contributed by atoms with Crippen molar-refractivity contribution < 1.29 is 4.79 Å². The topological polar surface area (TPSA) is 42.0 Å². The Balaban J connectivity index is 2.51. The summed E-state index contributed by atoms with van der Waals surface area (Å²) in [7, 11) is 0. The fourth-order valence-electron chi connectivity index (χ4n) is 1.08. The molecule has 0 saturated carbocycles. The van der Waals surface area contributed by atoms with Gasteiger partial charge in [0.2, 0.25) is 0 Å². The molecule has 15 heavy (non-hydrogen) atoms. The first-order valence-corrected chi connectivity index (χ1v) is 5.12. The van der Waals surface area contributed by atoms with Crippen LogP contribution in [0.4, 0.5) is 0 Å². The van der Waals surface area contributed by atoms with E-state index in [9.17, 15) is 4.79 Å². The summed E-state index contributed by atoms with van der Waals surface area (Å²) in [5.41, 5.74) is 0.416. The van der Waals surface area contributed by atoms with Crippen LogP contribution in [-0.4, -0.2) is 17.4 Å². The second-order valence-electron chi connectivity index (χ2n) is 2.97. The smallest absolute Gasteiger partial charge is 0.254 e. The van der Waals surface area contributed by atoms with Gasteiger partial charge in [0.25, 0.3) is 5.91 Å². The fourth-order valence-corrected chi connectivity index (χ4v) is 1.27.